The van der Waals surface area contributed by atoms with Crippen LogP contribution in [0, 0.1) is 0 Å². The van der Waals surface area contributed by atoms with Crippen molar-refractivity contribution in [3.8, 4) is 0 Å². The quantitative estimate of drug-likeness (QED) is 0.759. The standard InChI is InChI=1S/C11H22N2O2S/c1-11(4-2-3-5-12-11)10-13-6-8-16(14,15)9-7-13/h12H,2-10H2,1H3. The summed E-state index contributed by atoms with van der Waals surface area (Å²) in [7, 11) is -2.74. The molecule has 0 amide bonds. The minimum Gasteiger partial charge on any atom is -0.310 e. The number of hydrogen-bond acceptors (Lipinski definition) is 4. The molecular formula is C11H22N2O2S. The zero-order valence-electron chi connectivity index (χ0n) is 10.0. The fourth-order valence-corrected chi connectivity index (χ4v) is 3.93. The maximum atomic E-state index is 11.3. The van der Waals surface area contributed by atoms with Crippen molar-refractivity contribution in [3.63, 3.8) is 0 Å². The van der Waals surface area contributed by atoms with E-state index in [1.165, 1.54) is 19.3 Å². The molecule has 94 valence electrons. The molecule has 0 bridgehead atoms. The van der Waals surface area contributed by atoms with Gasteiger partial charge in [0.1, 0.15) is 0 Å². The van der Waals surface area contributed by atoms with Gasteiger partial charge in [0.05, 0.1) is 11.5 Å². The average molecular weight is 246 g/mol. The summed E-state index contributed by atoms with van der Waals surface area (Å²) in [6, 6.07) is 0. The highest BCUT2D eigenvalue weighted by Crippen LogP contribution is 2.20. The van der Waals surface area contributed by atoms with Gasteiger partial charge in [0.2, 0.25) is 0 Å². The second-order valence-electron chi connectivity index (χ2n) is 5.37. The molecule has 2 saturated heterocycles. The fourth-order valence-electron chi connectivity index (χ4n) is 2.66. The normalized spacial score (nSPS) is 36.1. The topological polar surface area (TPSA) is 49.4 Å². The lowest BCUT2D eigenvalue weighted by molar-refractivity contribution is 0.172. The van der Waals surface area contributed by atoms with Crippen molar-refractivity contribution in [3.05, 3.63) is 0 Å². The van der Waals surface area contributed by atoms with E-state index in [1.54, 1.807) is 0 Å². The molecule has 2 aliphatic rings. The Morgan fingerprint density at radius 3 is 2.50 bits per heavy atom. The molecule has 0 spiro atoms. The van der Waals surface area contributed by atoms with E-state index < -0.39 is 9.84 Å². The smallest absolute Gasteiger partial charge is 0.152 e. The van der Waals surface area contributed by atoms with Crippen LogP contribution in [0.4, 0.5) is 0 Å². The van der Waals surface area contributed by atoms with Crippen molar-refractivity contribution in [1.29, 1.82) is 0 Å². The first-order valence-corrected chi connectivity index (χ1v) is 7.99. The van der Waals surface area contributed by atoms with E-state index in [9.17, 15) is 8.42 Å². The van der Waals surface area contributed by atoms with Gasteiger partial charge in [-0.1, -0.05) is 6.42 Å². The lowest BCUT2D eigenvalue weighted by atomic mass is 9.90. The summed E-state index contributed by atoms with van der Waals surface area (Å²) >= 11 is 0. The molecule has 1 atom stereocenters. The van der Waals surface area contributed by atoms with E-state index in [1.807, 2.05) is 0 Å². The van der Waals surface area contributed by atoms with Crippen LogP contribution in [0.2, 0.25) is 0 Å². The van der Waals surface area contributed by atoms with E-state index in [-0.39, 0.29) is 5.54 Å². The Morgan fingerprint density at radius 2 is 1.94 bits per heavy atom. The van der Waals surface area contributed by atoms with E-state index in [2.05, 4.69) is 17.1 Å². The van der Waals surface area contributed by atoms with Gasteiger partial charge in [0.15, 0.2) is 9.84 Å². The Morgan fingerprint density at radius 1 is 1.25 bits per heavy atom. The van der Waals surface area contributed by atoms with Gasteiger partial charge in [-0.05, 0) is 26.3 Å². The van der Waals surface area contributed by atoms with Crippen LogP contribution in [0.1, 0.15) is 26.2 Å². The van der Waals surface area contributed by atoms with E-state index in [0.717, 1.165) is 13.1 Å². The van der Waals surface area contributed by atoms with Crippen LogP contribution < -0.4 is 5.32 Å². The second kappa shape index (κ2) is 4.63. The van der Waals surface area contributed by atoms with Crippen LogP contribution in [-0.2, 0) is 9.84 Å². The van der Waals surface area contributed by atoms with Gasteiger partial charge in [-0.25, -0.2) is 8.42 Å². The van der Waals surface area contributed by atoms with Gasteiger partial charge in [0.25, 0.3) is 0 Å². The van der Waals surface area contributed by atoms with Gasteiger partial charge in [-0.3, -0.25) is 4.90 Å². The molecule has 2 heterocycles. The van der Waals surface area contributed by atoms with Crippen molar-refractivity contribution in [2.45, 2.75) is 31.7 Å². The predicted octanol–water partition coefficient (Wildman–Crippen LogP) is 0.249. The Labute approximate surface area is 98.3 Å². The molecule has 0 aliphatic carbocycles. The van der Waals surface area contributed by atoms with Crippen LogP contribution in [0.3, 0.4) is 0 Å². The molecule has 16 heavy (non-hydrogen) atoms. The maximum Gasteiger partial charge on any atom is 0.152 e. The van der Waals surface area contributed by atoms with Gasteiger partial charge in [0, 0.05) is 25.2 Å². The monoisotopic (exact) mass is 246 g/mol. The van der Waals surface area contributed by atoms with Gasteiger partial charge in [-0.2, -0.15) is 0 Å². The number of sulfone groups is 1. The Hall–Kier alpha value is -0.130. The zero-order chi connectivity index (χ0) is 11.6. The first kappa shape index (κ1) is 12.3. The summed E-state index contributed by atoms with van der Waals surface area (Å²) in [6.45, 7) is 5.76. The van der Waals surface area contributed by atoms with Crippen LogP contribution in [0.5, 0.6) is 0 Å². The average Bonchev–Trinajstić information content (AvgIpc) is 2.22. The lowest BCUT2D eigenvalue weighted by Gasteiger charge is -2.40. The van der Waals surface area contributed by atoms with E-state index in [4.69, 9.17) is 0 Å². The van der Waals surface area contributed by atoms with Crippen LogP contribution in [0.25, 0.3) is 0 Å². The Bertz CT molecular complexity index is 320. The first-order valence-electron chi connectivity index (χ1n) is 6.17. The minimum atomic E-state index is -2.74. The van der Waals surface area contributed by atoms with Crippen molar-refractivity contribution in [2.24, 2.45) is 0 Å². The molecular weight excluding hydrogens is 224 g/mol. The van der Waals surface area contributed by atoms with Gasteiger partial charge >= 0.3 is 0 Å². The molecule has 2 fully saturated rings. The lowest BCUT2D eigenvalue weighted by Crippen LogP contribution is -2.56. The largest absolute Gasteiger partial charge is 0.310 e. The molecule has 1 unspecified atom stereocenters. The summed E-state index contributed by atoms with van der Waals surface area (Å²) < 4.78 is 22.7. The summed E-state index contributed by atoms with van der Waals surface area (Å²) in [5.41, 5.74) is 0.194. The highest BCUT2D eigenvalue weighted by atomic mass is 32.2. The predicted molar refractivity (Wildman–Crippen MR) is 65.4 cm³/mol. The number of rotatable bonds is 2. The summed E-state index contributed by atoms with van der Waals surface area (Å²) in [5, 5.41) is 3.57. The zero-order valence-corrected chi connectivity index (χ0v) is 10.9. The molecule has 5 heteroatoms. The van der Waals surface area contributed by atoms with Crippen molar-refractivity contribution in [1.82, 2.24) is 10.2 Å². The maximum absolute atomic E-state index is 11.3. The summed E-state index contributed by atoms with van der Waals surface area (Å²) in [6.07, 6.45) is 3.76. The Balaban J connectivity index is 1.86. The highest BCUT2D eigenvalue weighted by Gasteiger charge is 2.31. The highest BCUT2D eigenvalue weighted by molar-refractivity contribution is 7.91. The molecule has 0 aromatic rings. The van der Waals surface area contributed by atoms with Crippen molar-refractivity contribution < 1.29 is 8.42 Å². The number of piperidine rings is 1. The van der Waals surface area contributed by atoms with E-state index in [0.29, 0.717) is 24.6 Å². The molecule has 4 nitrogen and oxygen atoms in total. The third-order valence-corrected chi connectivity index (χ3v) is 5.33. The number of nitrogens with one attached hydrogen (secondary N) is 1. The van der Waals surface area contributed by atoms with Crippen LogP contribution in [0.15, 0.2) is 0 Å². The number of hydrogen-bond donors (Lipinski definition) is 1. The van der Waals surface area contributed by atoms with Crippen molar-refractivity contribution >= 4 is 9.84 Å². The van der Waals surface area contributed by atoms with E-state index >= 15 is 0 Å². The molecule has 0 radical (unpaired) electrons. The SMILES string of the molecule is CC1(CN2CCS(=O)(=O)CC2)CCCCN1. The second-order valence-corrected chi connectivity index (χ2v) is 7.68. The molecule has 1 N–H and O–H groups in total. The molecule has 2 aliphatic heterocycles. The number of nitrogens with zero attached hydrogens (tertiary/aromatic N) is 1. The molecule has 2 rings (SSSR count). The van der Waals surface area contributed by atoms with Crippen LogP contribution in [-0.4, -0.2) is 56.5 Å². The van der Waals surface area contributed by atoms with Gasteiger partial charge in [-0.15, -0.1) is 0 Å². The first-order chi connectivity index (χ1) is 7.49. The summed E-state index contributed by atoms with van der Waals surface area (Å²) in [5.74, 6) is 0.673. The molecule has 0 aromatic heterocycles. The van der Waals surface area contributed by atoms with Crippen molar-refractivity contribution in [2.75, 3.05) is 37.7 Å². The molecule has 0 aromatic carbocycles. The summed E-state index contributed by atoms with van der Waals surface area (Å²) in [4.78, 5) is 2.29. The third-order valence-electron chi connectivity index (χ3n) is 3.72. The third kappa shape index (κ3) is 3.18. The fraction of sp³-hybridized carbons (Fsp3) is 1.00. The van der Waals surface area contributed by atoms with Crippen LogP contribution >= 0.6 is 0 Å². The van der Waals surface area contributed by atoms with Gasteiger partial charge < -0.3 is 5.32 Å². The molecule has 0 saturated carbocycles. The minimum absolute atomic E-state index is 0.194. The Kier molecular flexibility index (Phi) is 3.56.